The van der Waals surface area contributed by atoms with Crippen molar-refractivity contribution in [1.29, 1.82) is 0 Å². The normalized spacial score (nSPS) is 19.0. The van der Waals surface area contributed by atoms with E-state index >= 15 is 0 Å². The molecule has 0 saturated carbocycles. The Bertz CT molecular complexity index is 835. The van der Waals surface area contributed by atoms with Gasteiger partial charge in [0.15, 0.2) is 0 Å². The number of aromatic nitrogens is 1. The molecule has 1 aromatic heterocycles. The van der Waals surface area contributed by atoms with Crippen molar-refractivity contribution in [3.05, 3.63) is 24.3 Å². The number of ether oxygens (including phenoxy) is 1. The minimum atomic E-state index is -3.55. The van der Waals surface area contributed by atoms with Crippen molar-refractivity contribution in [3.8, 4) is 0 Å². The van der Waals surface area contributed by atoms with Crippen molar-refractivity contribution in [1.82, 2.24) is 9.88 Å². The van der Waals surface area contributed by atoms with E-state index in [1.54, 1.807) is 26.8 Å². The largest absolute Gasteiger partial charge is 0.444 e. The van der Waals surface area contributed by atoms with Crippen LogP contribution in [0.3, 0.4) is 0 Å². The van der Waals surface area contributed by atoms with E-state index in [4.69, 9.17) is 4.74 Å². The summed E-state index contributed by atoms with van der Waals surface area (Å²) in [5.74, 6) is 0. The topological polar surface area (TPSA) is 76.6 Å². The van der Waals surface area contributed by atoms with Crippen molar-refractivity contribution in [3.63, 3.8) is 0 Å². The lowest BCUT2D eigenvalue weighted by Gasteiger charge is -2.24. The number of carbonyl (C=O) groups excluding carboxylic acids is 1. The minimum absolute atomic E-state index is 0.125. The van der Waals surface area contributed by atoms with Gasteiger partial charge in [-0.2, -0.15) is 0 Å². The Morgan fingerprint density at radius 2 is 2.04 bits per heavy atom. The second-order valence-corrected chi connectivity index (χ2v) is 10.3. The number of para-hydroxylation sites is 1. The molecule has 1 aromatic carbocycles. The number of nitrogens with zero attached hydrogens (tertiary/aromatic N) is 2. The predicted octanol–water partition coefficient (Wildman–Crippen LogP) is 3.08. The molecule has 0 radical (unpaired) electrons. The second kappa shape index (κ2) is 6.00. The summed E-state index contributed by atoms with van der Waals surface area (Å²) in [6, 6.07) is 7.34. The van der Waals surface area contributed by atoms with Gasteiger partial charge in [-0.3, -0.25) is 0 Å². The van der Waals surface area contributed by atoms with Gasteiger partial charge in [0.05, 0.1) is 15.5 Å². The maximum Gasteiger partial charge on any atom is 0.410 e. The third kappa shape index (κ3) is 3.39. The summed E-state index contributed by atoms with van der Waals surface area (Å²) in [6.45, 7) is 5.89. The summed E-state index contributed by atoms with van der Waals surface area (Å²) >= 11 is 1.18. The molecule has 0 spiro atoms. The van der Waals surface area contributed by atoms with Crippen molar-refractivity contribution in [2.24, 2.45) is 0 Å². The first-order chi connectivity index (χ1) is 11.2. The molecule has 8 heteroatoms. The number of thiazole rings is 1. The summed E-state index contributed by atoms with van der Waals surface area (Å²) in [4.78, 5) is 17.8. The van der Waals surface area contributed by atoms with E-state index in [9.17, 15) is 13.2 Å². The fraction of sp³-hybridized carbons (Fsp3) is 0.500. The van der Waals surface area contributed by atoms with E-state index in [-0.39, 0.29) is 10.9 Å². The van der Waals surface area contributed by atoms with Crippen molar-refractivity contribution < 1.29 is 17.9 Å². The molecule has 1 atom stereocenters. The van der Waals surface area contributed by atoms with E-state index in [0.29, 0.717) is 18.5 Å². The molecule has 6 nitrogen and oxygen atoms in total. The molecule has 0 unspecified atom stereocenters. The summed E-state index contributed by atoms with van der Waals surface area (Å²) in [7, 11) is -3.55. The number of amides is 1. The molecule has 1 saturated heterocycles. The molecular formula is C16H20N2O4S2. The fourth-order valence-electron chi connectivity index (χ4n) is 2.59. The smallest absolute Gasteiger partial charge is 0.410 e. The molecule has 1 amide bonds. The number of sulfone groups is 1. The van der Waals surface area contributed by atoms with Crippen LogP contribution < -0.4 is 0 Å². The quantitative estimate of drug-likeness (QED) is 0.814. The number of rotatable bonds is 2. The van der Waals surface area contributed by atoms with Gasteiger partial charge in [-0.25, -0.2) is 18.2 Å². The Morgan fingerprint density at radius 3 is 2.71 bits per heavy atom. The Morgan fingerprint density at radius 1 is 1.33 bits per heavy atom. The van der Waals surface area contributed by atoms with Gasteiger partial charge in [-0.05, 0) is 39.3 Å². The lowest BCUT2D eigenvalue weighted by atomic mass is 10.2. The van der Waals surface area contributed by atoms with Gasteiger partial charge in [0, 0.05) is 13.1 Å². The Labute approximate surface area is 145 Å². The average Bonchev–Trinajstić information content (AvgIpc) is 3.13. The van der Waals surface area contributed by atoms with Crippen molar-refractivity contribution in [2.45, 2.75) is 42.4 Å². The monoisotopic (exact) mass is 368 g/mol. The highest BCUT2D eigenvalue weighted by molar-refractivity contribution is 7.94. The van der Waals surface area contributed by atoms with Gasteiger partial charge in [0.25, 0.3) is 0 Å². The number of carbonyl (C=O) groups is 1. The van der Waals surface area contributed by atoms with Gasteiger partial charge < -0.3 is 9.64 Å². The van der Waals surface area contributed by atoms with Crippen LogP contribution in [0.4, 0.5) is 4.79 Å². The molecule has 2 heterocycles. The van der Waals surface area contributed by atoms with E-state index < -0.39 is 26.8 Å². The van der Waals surface area contributed by atoms with Crippen LogP contribution in [0.15, 0.2) is 28.6 Å². The number of hydrogen-bond acceptors (Lipinski definition) is 6. The molecule has 1 aliphatic rings. The van der Waals surface area contributed by atoms with Crippen LogP contribution in [0.1, 0.15) is 27.2 Å². The highest BCUT2D eigenvalue weighted by atomic mass is 32.2. The second-order valence-electron chi connectivity index (χ2n) is 6.83. The third-order valence-electron chi connectivity index (χ3n) is 3.75. The molecule has 0 N–H and O–H groups in total. The first-order valence-corrected chi connectivity index (χ1v) is 10.1. The maximum atomic E-state index is 12.8. The predicted molar refractivity (Wildman–Crippen MR) is 93.0 cm³/mol. The van der Waals surface area contributed by atoms with E-state index in [1.165, 1.54) is 16.2 Å². The van der Waals surface area contributed by atoms with Crippen LogP contribution in [-0.2, 0) is 14.6 Å². The van der Waals surface area contributed by atoms with Gasteiger partial charge >= 0.3 is 6.09 Å². The lowest BCUT2D eigenvalue weighted by molar-refractivity contribution is 0.0295. The van der Waals surface area contributed by atoms with Crippen LogP contribution in [0.5, 0.6) is 0 Å². The van der Waals surface area contributed by atoms with Crippen LogP contribution in [0.25, 0.3) is 10.2 Å². The maximum absolute atomic E-state index is 12.8. The van der Waals surface area contributed by atoms with Gasteiger partial charge in [0.2, 0.25) is 14.2 Å². The van der Waals surface area contributed by atoms with Gasteiger partial charge in [0.1, 0.15) is 5.60 Å². The molecule has 0 aliphatic carbocycles. The van der Waals surface area contributed by atoms with Crippen LogP contribution in [-0.4, -0.2) is 48.3 Å². The lowest BCUT2D eigenvalue weighted by Crippen LogP contribution is -2.36. The molecule has 0 bridgehead atoms. The minimum Gasteiger partial charge on any atom is -0.444 e. The molecule has 1 aliphatic heterocycles. The SMILES string of the molecule is CC(C)(C)OC(=O)N1CC[C@@H](S(=O)(=O)c2nc3ccccc3s2)C1. The zero-order valence-electron chi connectivity index (χ0n) is 13.9. The highest BCUT2D eigenvalue weighted by Crippen LogP contribution is 2.31. The summed E-state index contributed by atoms with van der Waals surface area (Å²) in [6.07, 6.45) is -0.0678. The first kappa shape index (κ1) is 17.2. The van der Waals surface area contributed by atoms with E-state index in [2.05, 4.69) is 4.98 Å². The Kier molecular flexibility index (Phi) is 4.29. The molecule has 2 aromatic rings. The molecule has 130 valence electrons. The molecule has 3 rings (SSSR count). The zero-order valence-corrected chi connectivity index (χ0v) is 15.5. The number of fused-ring (bicyclic) bond motifs is 1. The van der Waals surface area contributed by atoms with Gasteiger partial charge in [-0.15, -0.1) is 11.3 Å². The fourth-order valence-corrected chi connectivity index (χ4v) is 5.73. The van der Waals surface area contributed by atoms with Crippen LogP contribution >= 0.6 is 11.3 Å². The molecular weight excluding hydrogens is 348 g/mol. The number of likely N-dealkylation sites (tertiary alicyclic amines) is 1. The Balaban J connectivity index is 1.78. The number of benzene rings is 1. The van der Waals surface area contributed by atoms with Gasteiger partial charge in [-0.1, -0.05) is 12.1 Å². The van der Waals surface area contributed by atoms with E-state index in [0.717, 1.165) is 4.70 Å². The first-order valence-electron chi connectivity index (χ1n) is 7.74. The van der Waals surface area contributed by atoms with Crippen molar-refractivity contribution >= 4 is 37.5 Å². The zero-order chi connectivity index (χ0) is 17.5. The number of hydrogen-bond donors (Lipinski definition) is 0. The highest BCUT2D eigenvalue weighted by Gasteiger charge is 2.39. The average molecular weight is 368 g/mol. The summed E-state index contributed by atoms with van der Waals surface area (Å²) in [5.41, 5.74) is 0.0872. The third-order valence-corrected chi connectivity index (χ3v) is 7.37. The summed E-state index contributed by atoms with van der Waals surface area (Å²) in [5, 5.41) is -0.634. The Hall–Kier alpha value is -1.67. The summed E-state index contributed by atoms with van der Waals surface area (Å²) < 4.78 is 31.9. The van der Waals surface area contributed by atoms with Crippen LogP contribution in [0.2, 0.25) is 0 Å². The molecule has 1 fully saturated rings. The van der Waals surface area contributed by atoms with Crippen molar-refractivity contribution in [2.75, 3.05) is 13.1 Å². The van der Waals surface area contributed by atoms with Crippen LogP contribution in [0, 0.1) is 0 Å². The molecule has 24 heavy (non-hydrogen) atoms. The van der Waals surface area contributed by atoms with E-state index in [1.807, 2.05) is 18.2 Å². The standard InChI is InChI=1S/C16H20N2O4S2/c1-16(2,3)22-15(19)18-9-8-11(10-18)24(20,21)14-17-12-6-4-5-7-13(12)23-14/h4-7,11H,8-10H2,1-3H3/t11-/m1/s1.